The monoisotopic (exact) mass is 370 g/mol. The van der Waals surface area contributed by atoms with Gasteiger partial charge in [0.25, 0.3) is 0 Å². The van der Waals surface area contributed by atoms with Crippen LogP contribution in [0.15, 0.2) is 48.5 Å². The van der Waals surface area contributed by atoms with Crippen molar-refractivity contribution < 1.29 is 19.1 Å². The van der Waals surface area contributed by atoms with Crippen molar-refractivity contribution >= 4 is 11.6 Å². The lowest BCUT2D eigenvalue weighted by Gasteiger charge is -2.07. The number of carbonyl (C=O) groups is 2. The van der Waals surface area contributed by atoms with Gasteiger partial charge in [-0.05, 0) is 37.3 Å². The number of Topliss-reactive ketones (excluding diaryl/α,β-unsaturated/α-hetero) is 2. The van der Waals surface area contributed by atoms with Gasteiger partial charge in [0.1, 0.15) is 0 Å². The van der Waals surface area contributed by atoms with Gasteiger partial charge in [-0.1, -0.05) is 55.5 Å². The first-order chi connectivity index (χ1) is 12.9. The van der Waals surface area contributed by atoms with Gasteiger partial charge in [-0.2, -0.15) is 0 Å². The lowest BCUT2D eigenvalue weighted by molar-refractivity contribution is 0.100. The van der Waals surface area contributed by atoms with E-state index in [2.05, 4.69) is 6.92 Å². The van der Waals surface area contributed by atoms with E-state index in [0.29, 0.717) is 17.0 Å². The highest BCUT2D eigenvalue weighted by Gasteiger charge is 2.03. The van der Waals surface area contributed by atoms with E-state index in [1.54, 1.807) is 28.1 Å². The molecule has 0 aliphatic heterocycles. The van der Waals surface area contributed by atoms with Crippen LogP contribution >= 0.6 is 0 Å². The van der Waals surface area contributed by atoms with Crippen LogP contribution in [0.25, 0.3) is 11.1 Å². The average molecular weight is 370 g/mol. The first-order valence-electron chi connectivity index (χ1n) is 9.09. The Balaban J connectivity index is 0.000000345. The minimum atomic E-state index is 0.0634. The summed E-state index contributed by atoms with van der Waals surface area (Å²) in [6.45, 7) is 6.93. The highest BCUT2D eigenvalue weighted by atomic mass is 16.5. The molecule has 4 heteroatoms. The molecule has 0 radical (unpaired) electrons. The molecule has 27 heavy (non-hydrogen) atoms. The lowest BCUT2D eigenvalue weighted by atomic mass is 10.0. The maximum absolute atomic E-state index is 11.2. The number of hydrogen-bond acceptors (Lipinski definition) is 4. The number of benzene rings is 2. The van der Waals surface area contributed by atoms with Crippen LogP contribution in [-0.4, -0.2) is 39.0 Å². The molecule has 0 aliphatic rings. The third kappa shape index (κ3) is 8.29. The van der Waals surface area contributed by atoms with Crippen LogP contribution in [0.3, 0.4) is 0 Å². The maximum atomic E-state index is 11.2. The highest BCUT2D eigenvalue weighted by molar-refractivity contribution is 5.95. The van der Waals surface area contributed by atoms with Crippen molar-refractivity contribution in [1.82, 2.24) is 0 Å². The Morgan fingerprint density at radius 1 is 0.778 bits per heavy atom. The molecule has 146 valence electrons. The summed E-state index contributed by atoms with van der Waals surface area (Å²) in [5, 5.41) is 0. The summed E-state index contributed by atoms with van der Waals surface area (Å²) in [6, 6.07) is 14.9. The molecule has 4 nitrogen and oxygen atoms in total. The zero-order valence-electron chi connectivity index (χ0n) is 17.0. The van der Waals surface area contributed by atoms with Crippen molar-refractivity contribution in [2.75, 3.05) is 27.4 Å². The van der Waals surface area contributed by atoms with E-state index in [-0.39, 0.29) is 11.6 Å². The Labute approximate surface area is 162 Å². The van der Waals surface area contributed by atoms with E-state index >= 15 is 0 Å². The fraction of sp³-hybridized carbons (Fsp3) is 0.391. The number of ether oxygens (including phenoxy) is 2. The summed E-state index contributed by atoms with van der Waals surface area (Å²) < 4.78 is 9.85. The molecule has 2 aromatic carbocycles. The van der Waals surface area contributed by atoms with Gasteiger partial charge in [0.2, 0.25) is 0 Å². The Kier molecular flexibility index (Phi) is 10.2. The molecule has 0 aliphatic carbocycles. The summed E-state index contributed by atoms with van der Waals surface area (Å²) in [7, 11) is 3.45. The lowest BCUT2D eigenvalue weighted by Crippen LogP contribution is -2.06. The number of hydrogen-bond donors (Lipinski definition) is 0. The number of ketones is 2. The second kappa shape index (κ2) is 12.2. The van der Waals surface area contributed by atoms with E-state index < -0.39 is 0 Å². The van der Waals surface area contributed by atoms with Crippen LogP contribution in [0, 0.1) is 5.92 Å². The van der Waals surface area contributed by atoms with E-state index in [4.69, 9.17) is 9.47 Å². The molecule has 0 heterocycles. The van der Waals surface area contributed by atoms with Crippen LogP contribution < -0.4 is 0 Å². The molecular weight excluding hydrogens is 340 g/mol. The van der Waals surface area contributed by atoms with Crippen LogP contribution in [0.4, 0.5) is 0 Å². The molecule has 0 fully saturated rings. The summed E-state index contributed by atoms with van der Waals surface area (Å²) in [5.41, 5.74) is 3.49. The molecule has 2 rings (SSSR count). The standard InChI is InChI=1S/C16H14O2.C7H16O2/c1-11(17)13-3-7-15(8-4-13)16-9-5-14(6-10-16)12(2)18;1-7(6-9-3)4-5-8-2/h3-10H,1-2H3;7H,4-6H2,1-3H3. The fourth-order valence-corrected chi connectivity index (χ4v) is 2.48. The summed E-state index contributed by atoms with van der Waals surface area (Å²) in [4.78, 5) is 22.4. The van der Waals surface area contributed by atoms with Crippen LogP contribution in [-0.2, 0) is 9.47 Å². The second-order valence-corrected chi connectivity index (χ2v) is 6.61. The molecule has 0 amide bonds. The third-order valence-electron chi connectivity index (χ3n) is 4.18. The molecule has 0 N–H and O–H groups in total. The molecule has 2 aromatic rings. The van der Waals surface area contributed by atoms with Gasteiger partial charge in [-0.25, -0.2) is 0 Å². The van der Waals surface area contributed by atoms with Crippen LogP contribution in [0.5, 0.6) is 0 Å². The Morgan fingerprint density at radius 2 is 1.19 bits per heavy atom. The topological polar surface area (TPSA) is 52.6 Å². The van der Waals surface area contributed by atoms with Gasteiger partial charge >= 0.3 is 0 Å². The molecule has 0 saturated carbocycles. The summed E-state index contributed by atoms with van der Waals surface area (Å²) >= 11 is 0. The second-order valence-electron chi connectivity index (χ2n) is 6.61. The van der Waals surface area contributed by atoms with Gasteiger partial charge in [-0.3, -0.25) is 9.59 Å². The zero-order chi connectivity index (χ0) is 20.2. The van der Waals surface area contributed by atoms with E-state index in [0.717, 1.165) is 30.8 Å². The zero-order valence-corrected chi connectivity index (χ0v) is 17.0. The molecule has 0 bridgehead atoms. The van der Waals surface area contributed by atoms with Crippen molar-refractivity contribution in [3.63, 3.8) is 0 Å². The number of rotatable bonds is 8. The van der Waals surface area contributed by atoms with Crippen LogP contribution in [0.1, 0.15) is 47.9 Å². The van der Waals surface area contributed by atoms with Crippen molar-refractivity contribution in [2.45, 2.75) is 27.2 Å². The Morgan fingerprint density at radius 3 is 1.48 bits per heavy atom. The molecule has 1 unspecified atom stereocenters. The van der Waals surface area contributed by atoms with E-state index in [1.165, 1.54) is 0 Å². The fourth-order valence-electron chi connectivity index (χ4n) is 2.48. The minimum absolute atomic E-state index is 0.0634. The average Bonchev–Trinajstić information content (AvgIpc) is 2.67. The molecule has 0 spiro atoms. The quantitative estimate of drug-likeness (QED) is 0.609. The highest BCUT2D eigenvalue weighted by Crippen LogP contribution is 2.20. The first-order valence-corrected chi connectivity index (χ1v) is 9.09. The number of carbonyl (C=O) groups excluding carboxylic acids is 2. The van der Waals surface area contributed by atoms with Gasteiger partial charge in [0.15, 0.2) is 11.6 Å². The predicted molar refractivity (Wildman–Crippen MR) is 109 cm³/mol. The van der Waals surface area contributed by atoms with Gasteiger partial charge < -0.3 is 9.47 Å². The van der Waals surface area contributed by atoms with E-state index in [1.807, 2.05) is 48.5 Å². The molecular formula is C23H30O4. The van der Waals surface area contributed by atoms with Crippen LogP contribution in [0.2, 0.25) is 0 Å². The normalized spacial score (nSPS) is 11.3. The van der Waals surface area contributed by atoms with Gasteiger partial charge in [0, 0.05) is 38.6 Å². The number of methoxy groups -OCH3 is 2. The smallest absolute Gasteiger partial charge is 0.159 e. The van der Waals surface area contributed by atoms with E-state index in [9.17, 15) is 9.59 Å². The minimum Gasteiger partial charge on any atom is -0.385 e. The van der Waals surface area contributed by atoms with Gasteiger partial charge in [-0.15, -0.1) is 0 Å². The molecule has 0 aromatic heterocycles. The van der Waals surface area contributed by atoms with Gasteiger partial charge in [0.05, 0.1) is 0 Å². The predicted octanol–water partition coefficient (Wildman–Crippen LogP) is 5.06. The Hall–Kier alpha value is -2.30. The van der Waals surface area contributed by atoms with Crippen molar-refractivity contribution in [1.29, 1.82) is 0 Å². The van der Waals surface area contributed by atoms with Crippen molar-refractivity contribution in [3.05, 3.63) is 59.7 Å². The SMILES string of the molecule is CC(=O)c1ccc(-c2ccc(C(C)=O)cc2)cc1.COCCC(C)COC. The Bertz CT molecular complexity index is 647. The maximum Gasteiger partial charge on any atom is 0.159 e. The van der Waals surface area contributed by atoms with Crippen molar-refractivity contribution in [2.24, 2.45) is 5.92 Å². The first kappa shape index (κ1) is 22.7. The molecule has 0 saturated heterocycles. The summed E-state index contributed by atoms with van der Waals surface area (Å²) in [6.07, 6.45) is 1.09. The largest absolute Gasteiger partial charge is 0.385 e. The summed E-state index contributed by atoms with van der Waals surface area (Å²) in [5.74, 6) is 0.747. The van der Waals surface area contributed by atoms with Crippen molar-refractivity contribution in [3.8, 4) is 11.1 Å². The third-order valence-corrected chi connectivity index (χ3v) is 4.18. The molecule has 1 atom stereocenters.